The number of benzene rings is 2. The molecule has 0 bridgehead atoms. The van der Waals surface area contributed by atoms with Gasteiger partial charge in [-0.1, -0.05) is 53.7 Å². The Morgan fingerprint density at radius 2 is 1.91 bits per heavy atom. The van der Waals surface area contributed by atoms with Crippen molar-refractivity contribution in [2.24, 2.45) is 5.92 Å². The zero-order chi connectivity index (χ0) is 23.3. The van der Waals surface area contributed by atoms with Crippen molar-refractivity contribution in [3.8, 4) is 6.07 Å². The van der Waals surface area contributed by atoms with Crippen molar-refractivity contribution in [3.63, 3.8) is 0 Å². The highest BCUT2D eigenvalue weighted by molar-refractivity contribution is 8.03. The zero-order valence-electron chi connectivity index (χ0n) is 17.3. The molecular formula is C23H20ClN3O4S. The monoisotopic (exact) mass is 469 g/mol. The van der Waals surface area contributed by atoms with Crippen LogP contribution in [0, 0.1) is 24.2 Å². The number of nitrogens with one attached hydrogen (secondary N) is 2. The number of esters is 1. The smallest absolute Gasteiger partial charge is 0.319 e. The van der Waals surface area contributed by atoms with Gasteiger partial charge < -0.3 is 15.4 Å². The largest absolute Gasteiger partial charge is 0.468 e. The average Bonchev–Trinajstić information content (AvgIpc) is 2.78. The predicted octanol–water partition coefficient (Wildman–Crippen LogP) is 3.76. The molecule has 2 aromatic rings. The van der Waals surface area contributed by atoms with E-state index in [4.69, 9.17) is 16.3 Å². The molecular weight excluding hydrogens is 450 g/mol. The lowest BCUT2D eigenvalue weighted by Gasteiger charge is -2.30. The molecule has 2 atom stereocenters. The first-order valence-electron chi connectivity index (χ1n) is 9.62. The summed E-state index contributed by atoms with van der Waals surface area (Å²) in [6, 6.07) is 16.0. The maximum atomic E-state index is 12.8. The molecule has 1 aliphatic rings. The fourth-order valence-electron chi connectivity index (χ4n) is 3.39. The summed E-state index contributed by atoms with van der Waals surface area (Å²) < 4.78 is 4.81. The molecule has 0 spiro atoms. The summed E-state index contributed by atoms with van der Waals surface area (Å²) in [6.07, 6.45) is 0. The Morgan fingerprint density at radius 1 is 1.22 bits per heavy atom. The molecule has 7 nitrogen and oxygen atoms in total. The molecule has 0 saturated heterocycles. The van der Waals surface area contributed by atoms with Gasteiger partial charge in [-0.2, -0.15) is 5.26 Å². The van der Waals surface area contributed by atoms with Gasteiger partial charge in [-0.15, -0.1) is 0 Å². The number of carbonyl (C=O) groups is 3. The van der Waals surface area contributed by atoms with Crippen LogP contribution in [0.4, 0.5) is 5.69 Å². The molecule has 32 heavy (non-hydrogen) atoms. The van der Waals surface area contributed by atoms with E-state index in [0.29, 0.717) is 16.3 Å². The van der Waals surface area contributed by atoms with Gasteiger partial charge in [0, 0.05) is 16.6 Å². The van der Waals surface area contributed by atoms with Gasteiger partial charge in [-0.3, -0.25) is 14.4 Å². The van der Waals surface area contributed by atoms with Crippen molar-refractivity contribution in [2.45, 2.75) is 12.8 Å². The Labute approximate surface area is 194 Å². The Bertz CT molecular complexity index is 1120. The van der Waals surface area contributed by atoms with E-state index in [1.54, 1.807) is 30.3 Å². The van der Waals surface area contributed by atoms with Crippen LogP contribution in [-0.4, -0.2) is 30.6 Å². The molecule has 164 valence electrons. The Balaban J connectivity index is 1.89. The number of aryl methyl sites for hydroxylation is 1. The van der Waals surface area contributed by atoms with Crippen molar-refractivity contribution in [1.29, 1.82) is 5.26 Å². The minimum atomic E-state index is -1.24. The number of thioether (sulfide) groups is 1. The molecule has 0 fully saturated rings. The van der Waals surface area contributed by atoms with Crippen LogP contribution in [0.3, 0.4) is 0 Å². The first kappa shape index (κ1) is 23.4. The molecule has 2 amide bonds. The van der Waals surface area contributed by atoms with Crippen LogP contribution in [-0.2, 0) is 19.1 Å². The topological polar surface area (TPSA) is 108 Å². The highest BCUT2D eigenvalue weighted by atomic mass is 35.5. The minimum Gasteiger partial charge on any atom is -0.468 e. The number of ether oxygens (including phenoxy) is 1. The summed E-state index contributed by atoms with van der Waals surface area (Å²) in [5.41, 5.74) is 2.34. The maximum Gasteiger partial charge on any atom is 0.319 e. The standard InChI is InChI=1S/C23H20ClN3O4S/c1-13-5-3-4-6-17(13)26-18(28)12-32-22-16(11-25)19(14-7-9-15(24)10-8-14)20(21(29)27-22)23(30)31-2/h3-10,19-20H,12H2,1-2H3,(H,26,28)(H,27,29)/t19-,20+/m1/s1. The number of nitrogens with zero attached hydrogens (tertiary/aromatic N) is 1. The summed E-state index contributed by atoms with van der Waals surface area (Å²) in [7, 11) is 1.18. The summed E-state index contributed by atoms with van der Waals surface area (Å²) in [4.78, 5) is 37.6. The molecule has 0 aliphatic carbocycles. The Hall–Kier alpha value is -3.28. The number of para-hydroxylation sites is 1. The van der Waals surface area contributed by atoms with E-state index in [2.05, 4.69) is 16.7 Å². The third-order valence-electron chi connectivity index (χ3n) is 4.98. The van der Waals surface area contributed by atoms with E-state index in [0.717, 1.165) is 17.3 Å². The number of hydrogen-bond acceptors (Lipinski definition) is 6. The quantitative estimate of drug-likeness (QED) is 0.492. The molecule has 1 aliphatic heterocycles. The van der Waals surface area contributed by atoms with E-state index in [1.165, 1.54) is 7.11 Å². The van der Waals surface area contributed by atoms with E-state index >= 15 is 0 Å². The van der Waals surface area contributed by atoms with E-state index < -0.39 is 23.7 Å². The molecule has 1 heterocycles. The van der Waals surface area contributed by atoms with Gasteiger partial charge in [0.05, 0.1) is 29.5 Å². The van der Waals surface area contributed by atoms with Crippen LogP contribution in [0.25, 0.3) is 0 Å². The number of anilines is 1. The summed E-state index contributed by atoms with van der Waals surface area (Å²) in [5, 5.41) is 16.0. The van der Waals surface area contributed by atoms with E-state index in [-0.39, 0.29) is 22.3 Å². The summed E-state index contributed by atoms with van der Waals surface area (Å²) in [6.45, 7) is 1.88. The third kappa shape index (κ3) is 5.13. The first-order valence-corrected chi connectivity index (χ1v) is 11.0. The van der Waals surface area contributed by atoms with Crippen molar-refractivity contribution in [2.75, 3.05) is 18.2 Å². The fraction of sp³-hybridized carbons (Fsp3) is 0.217. The molecule has 0 radical (unpaired) electrons. The summed E-state index contributed by atoms with van der Waals surface area (Å²) in [5.74, 6) is -3.78. The third-order valence-corrected chi connectivity index (χ3v) is 6.25. The van der Waals surface area contributed by atoms with Gasteiger partial charge in [0.1, 0.15) is 5.92 Å². The average molecular weight is 470 g/mol. The first-order chi connectivity index (χ1) is 15.3. The minimum absolute atomic E-state index is 0.0364. The molecule has 0 saturated carbocycles. The van der Waals surface area contributed by atoms with Crippen LogP contribution >= 0.6 is 23.4 Å². The Morgan fingerprint density at radius 3 is 2.53 bits per heavy atom. The molecule has 0 aromatic heterocycles. The molecule has 2 aromatic carbocycles. The van der Waals surface area contributed by atoms with E-state index in [9.17, 15) is 19.6 Å². The van der Waals surface area contributed by atoms with Crippen LogP contribution in [0.2, 0.25) is 5.02 Å². The van der Waals surface area contributed by atoms with Crippen molar-refractivity contribution < 1.29 is 19.1 Å². The van der Waals surface area contributed by atoms with Crippen molar-refractivity contribution >= 4 is 46.8 Å². The number of halogens is 1. The van der Waals surface area contributed by atoms with Crippen molar-refractivity contribution in [3.05, 3.63) is 75.3 Å². The van der Waals surface area contributed by atoms with Crippen LogP contribution < -0.4 is 10.6 Å². The number of hydrogen-bond donors (Lipinski definition) is 2. The lowest BCUT2D eigenvalue weighted by molar-refractivity contribution is -0.150. The van der Waals surface area contributed by atoms with Gasteiger partial charge >= 0.3 is 5.97 Å². The van der Waals surface area contributed by atoms with Gasteiger partial charge in [-0.05, 0) is 36.2 Å². The molecule has 2 N–H and O–H groups in total. The number of nitriles is 1. The lowest BCUT2D eigenvalue weighted by atomic mass is 9.78. The second kappa shape index (κ2) is 10.4. The number of methoxy groups -OCH3 is 1. The van der Waals surface area contributed by atoms with Crippen LogP contribution in [0.5, 0.6) is 0 Å². The Kier molecular flexibility index (Phi) is 7.57. The van der Waals surface area contributed by atoms with Crippen LogP contribution in [0.15, 0.2) is 59.1 Å². The maximum absolute atomic E-state index is 12.8. The number of carbonyl (C=O) groups excluding carboxylic acids is 3. The normalized spacial score (nSPS) is 17.9. The number of allylic oxidation sites excluding steroid dienone is 1. The predicted molar refractivity (Wildman–Crippen MR) is 123 cm³/mol. The van der Waals surface area contributed by atoms with Gasteiger partial charge in [0.15, 0.2) is 0 Å². The van der Waals surface area contributed by atoms with E-state index in [1.807, 2.05) is 25.1 Å². The van der Waals surface area contributed by atoms with Gasteiger partial charge in [0.25, 0.3) is 0 Å². The highest BCUT2D eigenvalue weighted by Crippen LogP contribution is 2.40. The van der Waals surface area contributed by atoms with Crippen LogP contribution in [0.1, 0.15) is 17.0 Å². The van der Waals surface area contributed by atoms with Gasteiger partial charge in [0.2, 0.25) is 11.8 Å². The highest BCUT2D eigenvalue weighted by Gasteiger charge is 2.44. The second-order valence-electron chi connectivity index (χ2n) is 7.03. The summed E-state index contributed by atoms with van der Waals surface area (Å²) >= 11 is 6.99. The zero-order valence-corrected chi connectivity index (χ0v) is 18.9. The SMILES string of the molecule is COC(=O)[C@@H]1C(=O)NC(SCC(=O)Nc2ccccc2C)=C(C#N)[C@H]1c1ccc(Cl)cc1. The molecule has 9 heteroatoms. The second-order valence-corrected chi connectivity index (χ2v) is 8.45. The number of rotatable bonds is 6. The van der Waals surface area contributed by atoms with Crippen molar-refractivity contribution in [1.82, 2.24) is 5.32 Å². The molecule has 0 unspecified atom stereocenters. The van der Waals surface area contributed by atoms with Gasteiger partial charge in [-0.25, -0.2) is 0 Å². The number of amides is 2. The fourth-order valence-corrected chi connectivity index (χ4v) is 4.36. The molecule has 3 rings (SSSR count). The lowest BCUT2D eigenvalue weighted by Crippen LogP contribution is -2.44.